The molecule has 0 fully saturated rings. The molecule has 134 valence electrons. The van der Waals surface area contributed by atoms with Crippen molar-refractivity contribution >= 4 is 22.6 Å². The van der Waals surface area contributed by atoms with E-state index in [4.69, 9.17) is 4.74 Å². The second-order valence-electron chi connectivity index (χ2n) is 5.99. The van der Waals surface area contributed by atoms with Crippen molar-refractivity contribution in [2.24, 2.45) is 0 Å². The fraction of sp³-hybridized carbons (Fsp3) is 0.0476. The van der Waals surface area contributed by atoms with E-state index in [1.165, 1.54) is 13.2 Å². The number of ether oxygens (including phenoxy) is 1. The Morgan fingerprint density at radius 3 is 2.78 bits per heavy atom. The van der Waals surface area contributed by atoms with Gasteiger partial charge < -0.3 is 15.2 Å². The van der Waals surface area contributed by atoms with E-state index in [-0.39, 0.29) is 11.7 Å². The molecule has 0 saturated heterocycles. The number of para-hydroxylation sites is 2. The number of amides is 1. The minimum atomic E-state index is -0.256. The molecule has 0 aliphatic carbocycles. The molecule has 0 aliphatic heterocycles. The van der Waals surface area contributed by atoms with Gasteiger partial charge >= 0.3 is 0 Å². The van der Waals surface area contributed by atoms with E-state index < -0.39 is 0 Å². The lowest BCUT2D eigenvalue weighted by molar-refractivity contribution is 0.102. The van der Waals surface area contributed by atoms with Crippen LogP contribution in [0.25, 0.3) is 16.7 Å². The highest BCUT2D eigenvalue weighted by Gasteiger charge is 2.11. The Hall–Kier alpha value is -3.80. The van der Waals surface area contributed by atoms with Crippen LogP contribution in [0.2, 0.25) is 0 Å². The number of anilines is 1. The molecule has 0 unspecified atom stereocenters. The van der Waals surface area contributed by atoms with E-state index in [9.17, 15) is 9.90 Å². The summed E-state index contributed by atoms with van der Waals surface area (Å²) in [5.41, 5.74) is 3.76. The average molecular weight is 359 g/mol. The Balaban J connectivity index is 1.63. The number of aromatic nitrogens is 2. The average Bonchev–Trinajstić information content (AvgIpc) is 3.13. The van der Waals surface area contributed by atoms with Crippen molar-refractivity contribution in [1.29, 1.82) is 0 Å². The summed E-state index contributed by atoms with van der Waals surface area (Å²) in [5.74, 6) is 0.0601. The van der Waals surface area contributed by atoms with Gasteiger partial charge in [0.2, 0.25) is 0 Å². The SMILES string of the molecule is COc1cc(NC(=O)c2cccc(-n3cnc4ccccc43)c2)ccc1O. The summed E-state index contributed by atoms with van der Waals surface area (Å²) >= 11 is 0. The van der Waals surface area contributed by atoms with Crippen molar-refractivity contribution in [2.45, 2.75) is 0 Å². The number of fused-ring (bicyclic) bond motifs is 1. The standard InChI is InChI=1S/C21H17N3O3/c1-27-20-12-15(9-10-19(20)25)23-21(26)14-5-4-6-16(11-14)24-13-22-17-7-2-3-8-18(17)24/h2-13,25H,1H3,(H,23,26). The van der Waals surface area contributed by atoms with Gasteiger partial charge in [-0.25, -0.2) is 4.98 Å². The molecule has 6 heteroatoms. The molecule has 27 heavy (non-hydrogen) atoms. The predicted octanol–water partition coefficient (Wildman–Crippen LogP) is 3.99. The number of methoxy groups -OCH3 is 1. The van der Waals surface area contributed by atoms with Gasteiger partial charge in [-0.1, -0.05) is 18.2 Å². The molecule has 0 aliphatic rings. The number of benzene rings is 3. The number of nitrogens with zero attached hydrogens (tertiary/aromatic N) is 2. The zero-order chi connectivity index (χ0) is 18.8. The number of rotatable bonds is 4. The van der Waals surface area contributed by atoms with Crippen molar-refractivity contribution < 1.29 is 14.6 Å². The second kappa shape index (κ2) is 6.84. The molecule has 0 radical (unpaired) electrons. The molecule has 4 rings (SSSR count). The highest BCUT2D eigenvalue weighted by Crippen LogP contribution is 2.29. The van der Waals surface area contributed by atoms with Crippen LogP contribution in [0.3, 0.4) is 0 Å². The number of carbonyl (C=O) groups excluding carboxylic acids is 1. The Labute approximate surface area is 155 Å². The number of aromatic hydroxyl groups is 1. The number of carbonyl (C=O) groups is 1. The lowest BCUT2D eigenvalue weighted by atomic mass is 10.1. The molecule has 0 saturated carbocycles. The third-order valence-corrected chi connectivity index (χ3v) is 4.28. The maximum absolute atomic E-state index is 12.6. The number of phenolic OH excluding ortho intramolecular Hbond substituents is 1. The molecular weight excluding hydrogens is 342 g/mol. The van der Waals surface area contributed by atoms with Crippen LogP contribution in [0.1, 0.15) is 10.4 Å². The fourth-order valence-corrected chi connectivity index (χ4v) is 2.92. The predicted molar refractivity (Wildman–Crippen MR) is 104 cm³/mol. The fourth-order valence-electron chi connectivity index (χ4n) is 2.92. The van der Waals surface area contributed by atoms with Crippen LogP contribution < -0.4 is 10.1 Å². The molecule has 6 nitrogen and oxygen atoms in total. The molecule has 2 N–H and O–H groups in total. The first-order valence-electron chi connectivity index (χ1n) is 8.36. The second-order valence-corrected chi connectivity index (χ2v) is 5.99. The Bertz CT molecular complexity index is 1130. The maximum Gasteiger partial charge on any atom is 0.255 e. The molecular formula is C21H17N3O3. The quantitative estimate of drug-likeness (QED) is 0.540. The Morgan fingerprint density at radius 2 is 1.93 bits per heavy atom. The van der Waals surface area contributed by atoms with Crippen LogP contribution in [0.4, 0.5) is 5.69 Å². The molecule has 0 spiro atoms. The van der Waals surface area contributed by atoms with Crippen LogP contribution in [-0.2, 0) is 0 Å². The molecule has 3 aromatic carbocycles. The number of imidazole rings is 1. The van der Waals surface area contributed by atoms with Crippen LogP contribution in [0, 0.1) is 0 Å². The van der Waals surface area contributed by atoms with Gasteiger partial charge in [0.1, 0.15) is 6.33 Å². The third kappa shape index (κ3) is 3.20. The summed E-state index contributed by atoms with van der Waals surface area (Å²) in [6.45, 7) is 0. The van der Waals surface area contributed by atoms with E-state index in [1.807, 2.05) is 41.0 Å². The summed E-state index contributed by atoms with van der Waals surface area (Å²) in [6.07, 6.45) is 1.74. The van der Waals surface area contributed by atoms with E-state index in [1.54, 1.807) is 30.6 Å². The molecule has 4 aromatic rings. The van der Waals surface area contributed by atoms with Crippen molar-refractivity contribution in [3.63, 3.8) is 0 Å². The van der Waals surface area contributed by atoms with Crippen molar-refractivity contribution in [1.82, 2.24) is 9.55 Å². The van der Waals surface area contributed by atoms with Crippen LogP contribution in [-0.4, -0.2) is 27.7 Å². The Morgan fingerprint density at radius 1 is 1.07 bits per heavy atom. The number of hydrogen-bond donors (Lipinski definition) is 2. The first-order valence-corrected chi connectivity index (χ1v) is 8.36. The van der Waals surface area contributed by atoms with Gasteiger partial charge in [0.05, 0.1) is 18.1 Å². The third-order valence-electron chi connectivity index (χ3n) is 4.28. The number of nitrogens with one attached hydrogen (secondary N) is 1. The van der Waals surface area contributed by atoms with Gasteiger partial charge in [-0.15, -0.1) is 0 Å². The first kappa shape index (κ1) is 16.7. The minimum absolute atomic E-state index is 0.0180. The minimum Gasteiger partial charge on any atom is -0.504 e. The van der Waals surface area contributed by atoms with Gasteiger partial charge in [0, 0.05) is 23.0 Å². The molecule has 1 aromatic heterocycles. The highest BCUT2D eigenvalue weighted by atomic mass is 16.5. The summed E-state index contributed by atoms with van der Waals surface area (Å²) in [4.78, 5) is 17.0. The van der Waals surface area contributed by atoms with E-state index in [0.717, 1.165) is 16.7 Å². The monoisotopic (exact) mass is 359 g/mol. The van der Waals surface area contributed by atoms with Gasteiger partial charge in [-0.05, 0) is 42.5 Å². The zero-order valence-electron chi connectivity index (χ0n) is 14.6. The van der Waals surface area contributed by atoms with Gasteiger partial charge in [0.25, 0.3) is 5.91 Å². The lowest BCUT2D eigenvalue weighted by Crippen LogP contribution is -2.12. The molecule has 0 atom stereocenters. The van der Waals surface area contributed by atoms with Crippen LogP contribution in [0.5, 0.6) is 11.5 Å². The van der Waals surface area contributed by atoms with Crippen LogP contribution >= 0.6 is 0 Å². The van der Waals surface area contributed by atoms with Gasteiger partial charge in [-0.3, -0.25) is 9.36 Å². The summed E-state index contributed by atoms with van der Waals surface area (Å²) in [5, 5.41) is 12.5. The van der Waals surface area contributed by atoms with E-state index in [2.05, 4.69) is 10.3 Å². The topological polar surface area (TPSA) is 76.4 Å². The largest absolute Gasteiger partial charge is 0.504 e. The summed E-state index contributed by atoms with van der Waals surface area (Å²) < 4.78 is 7.01. The normalized spacial score (nSPS) is 10.7. The van der Waals surface area contributed by atoms with E-state index >= 15 is 0 Å². The van der Waals surface area contributed by atoms with Crippen molar-refractivity contribution in [3.05, 3.63) is 78.6 Å². The smallest absolute Gasteiger partial charge is 0.255 e. The lowest BCUT2D eigenvalue weighted by Gasteiger charge is -2.10. The number of phenols is 1. The van der Waals surface area contributed by atoms with E-state index in [0.29, 0.717) is 17.0 Å². The Kier molecular flexibility index (Phi) is 4.22. The van der Waals surface area contributed by atoms with Crippen molar-refractivity contribution in [2.75, 3.05) is 12.4 Å². The highest BCUT2D eigenvalue weighted by molar-refractivity contribution is 6.04. The first-order chi connectivity index (χ1) is 13.2. The van der Waals surface area contributed by atoms with Crippen molar-refractivity contribution in [3.8, 4) is 17.2 Å². The number of hydrogen-bond acceptors (Lipinski definition) is 4. The van der Waals surface area contributed by atoms with Gasteiger partial charge in [0.15, 0.2) is 11.5 Å². The maximum atomic E-state index is 12.6. The zero-order valence-corrected chi connectivity index (χ0v) is 14.6. The summed E-state index contributed by atoms with van der Waals surface area (Å²) in [6, 6.07) is 19.8. The summed E-state index contributed by atoms with van der Waals surface area (Å²) in [7, 11) is 1.46. The molecule has 1 amide bonds. The molecule has 1 heterocycles. The van der Waals surface area contributed by atoms with Crippen LogP contribution in [0.15, 0.2) is 73.1 Å². The molecule has 0 bridgehead atoms. The van der Waals surface area contributed by atoms with Gasteiger partial charge in [-0.2, -0.15) is 0 Å².